The molecule has 0 saturated carbocycles. The topological polar surface area (TPSA) is 127 Å². The lowest BCUT2D eigenvalue weighted by Gasteiger charge is -2.07. The van der Waals surface area contributed by atoms with Crippen LogP contribution in [-0.2, 0) is 16.6 Å². The summed E-state index contributed by atoms with van der Waals surface area (Å²) in [6.07, 6.45) is 0. The zero-order chi connectivity index (χ0) is 14.8. The van der Waals surface area contributed by atoms with E-state index in [0.717, 1.165) is 18.2 Å². The lowest BCUT2D eigenvalue weighted by molar-refractivity contribution is 0.578. The summed E-state index contributed by atoms with van der Waals surface area (Å²) in [6.45, 7) is -0.154. The molecular formula is C9H9FN6O2S2. The minimum Gasteiger partial charge on any atom is -0.389 e. The Bertz CT molecular complexity index is 731. The molecule has 0 aliphatic carbocycles. The fourth-order valence-corrected chi connectivity index (χ4v) is 2.52. The Hall–Kier alpha value is -1.98. The lowest BCUT2D eigenvalue weighted by Crippen LogP contribution is -2.24. The van der Waals surface area contributed by atoms with E-state index in [4.69, 9.17) is 5.73 Å². The number of H-pyrrole nitrogens is 1. The van der Waals surface area contributed by atoms with E-state index in [9.17, 15) is 12.8 Å². The number of benzene rings is 1. The molecule has 2 rings (SSSR count). The first-order valence-electron chi connectivity index (χ1n) is 5.21. The standard InChI is InChI=1S/C9H9FN6O2S2/c10-7-2-1-5(3-6(7)9(11)19)20(17,18)12-4-8-13-15-16-14-8/h1-3,12H,4H2,(H2,11,19)(H,13,14,15,16). The van der Waals surface area contributed by atoms with Crippen LogP contribution in [0.1, 0.15) is 11.4 Å². The Morgan fingerprint density at radius 3 is 2.85 bits per heavy atom. The highest BCUT2D eigenvalue weighted by atomic mass is 32.2. The number of aromatic amines is 1. The lowest BCUT2D eigenvalue weighted by atomic mass is 10.2. The van der Waals surface area contributed by atoms with Gasteiger partial charge in [0.2, 0.25) is 10.0 Å². The molecule has 0 bridgehead atoms. The van der Waals surface area contributed by atoms with Crippen LogP contribution in [-0.4, -0.2) is 34.0 Å². The van der Waals surface area contributed by atoms with Crippen LogP contribution in [0.25, 0.3) is 0 Å². The molecule has 0 aliphatic rings. The molecule has 8 nitrogen and oxygen atoms in total. The molecule has 1 aromatic carbocycles. The smallest absolute Gasteiger partial charge is 0.241 e. The normalized spacial score (nSPS) is 11.4. The van der Waals surface area contributed by atoms with Crippen molar-refractivity contribution in [3.63, 3.8) is 0 Å². The van der Waals surface area contributed by atoms with Crippen molar-refractivity contribution in [2.75, 3.05) is 0 Å². The number of hydrogen-bond donors (Lipinski definition) is 3. The van der Waals surface area contributed by atoms with Crippen molar-refractivity contribution in [1.29, 1.82) is 0 Å². The maximum atomic E-state index is 13.4. The van der Waals surface area contributed by atoms with Crippen molar-refractivity contribution >= 4 is 27.2 Å². The van der Waals surface area contributed by atoms with Gasteiger partial charge in [-0.3, -0.25) is 0 Å². The summed E-state index contributed by atoms with van der Waals surface area (Å²) in [4.78, 5) is -0.386. The van der Waals surface area contributed by atoms with Crippen LogP contribution in [0.2, 0.25) is 0 Å². The summed E-state index contributed by atoms with van der Waals surface area (Å²) in [5, 5.41) is 12.7. The first kappa shape index (κ1) is 14.4. The maximum absolute atomic E-state index is 13.4. The number of thiocarbonyl (C=S) groups is 1. The molecule has 0 amide bonds. The number of tetrazole rings is 1. The van der Waals surface area contributed by atoms with Crippen LogP contribution in [0.5, 0.6) is 0 Å². The van der Waals surface area contributed by atoms with E-state index >= 15 is 0 Å². The van der Waals surface area contributed by atoms with Crippen molar-refractivity contribution in [2.45, 2.75) is 11.4 Å². The SMILES string of the molecule is NC(=S)c1cc(S(=O)(=O)NCc2nn[nH]n2)ccc1F. The largest absolute Gasteiger partial charge is 0.389 e. The fraction of sp³-hybridized carbons (Fsp3) is 0.111. The van der Waals surface area contributed by atoms with Crippen LogP contribution in [0, 0.1) is 5.82 Å². The van der Waals surface area contributed by atoms with Gasteiger partial charge >= 0.3 is 0 Å². The summed E-state index contributed by atoms with van der Waals surface area (Å²) < 4.78 is 39.7. The Morgan fingerprint density at radius 1 is 1.50 bits per heavy atom. The minimum absolute atomic E-state index is 0.137. The second kappa shape index (κ2) is 5.56. The van der Waals surface area contributed by atoms with Gasteiger partial charge in [-0.15, -0.1) is 10.2 Å². The van der Waals surface area contributed by atoms with E-state index in [1.807, 2.05) is 0 Å². The van der Waals surface area contributed by atoms with E-state index in [2.05, 4.69) is 37.6 Å². The van der Waals surface area contributed by atoms with Crippen LogP contribution < -0.4 is 10.5 Å². The van der Waals surface area contributed by atoms with E-state index < -0.39 is 15.8 Å². The quantitative estimate of drug-likeness (QED) is 0.632. The summed E-state index contributed by atoms with van der Waals surface area (Å²) in [5.41, 5.74) is 5.19. The minimum atomic E-state index is -3.86. The molecule has 0 atom stereocenters. The number of hydrogen-bond acceptors (Lipinski definition) is 6. The third-order valence-corrected chi connectivity index (χ3v) is 3.94. The van der Waals surface area contributed by atoms with Crippen LogP contribution >= 0.6 is 12.2 Å². The van der Waals surface area contributed by atoms with E-state index in [-0.39, 0.29) is 27.8 Å². The first-order valence-corrected chi connectivity index (χ1v) is 7.10. The molecule has 0 aliphatic heterocycles. The maximum Gasteiger partial charge on any atom is 0.241 e. The highest BCUT2D eigenvalue weighted by molar-refractivity contribution is 7.89. The van der Waals surface area contributed by atoms with Crippen molar-refractivity contribution < 1.29 is 12.8 Å². The average Bonchev–Trinajstić information content (AvgIpc) is 2.89. The number of nitrogens with zero attached hydrogens (tertiary/aromatic N) is 3. The van der Waals surface area contributed by atoms with Crippen LogP contribution in [0.15, 0.2) is 23.1 Å². The molecule has 0 fully saturated rings. The number of sulfonamides is 1. The second-order valence-electron chi connectivity index (χ2n) is 3.66. The van der Waals surface area contributed by atoms with Crippen molar-refractivity contribution in [3.05, 3.63) is 35.4 Å². The van der Waals surface area contributed by atoms with Crippen LogP contribution in [0.4, 0.5) is 4.39 Å². The molecule has 1 heterocycles. The number of halogens is 1. The van der Waals surface area contributed by atoms with E-state index in [0.29, 0.717) is 0 Å². The van der Waals surface area contributed by atoms with Gasteiger partial charge < -0.3 is 5.73 Å². The van der Waals surface area contributed by atoms with E-state index in [1.54, 1.807) is 0 Å². The molecule has 11 heteroatoms. The molecule has 4 N–H and O–H groups in total. The third kappa shape index (κ3) is 3.12. The first-order chi connectivity index (χ1) is 9.40. The number of rotatable bonds is 5. The van der Waals surface area contributed by atoms with Gasteiger partial charge in [0.05, 0.1) is 11.4 Å². The molecule has 0 saturated heterocycles. The number of nitrogens with two attached hydrogens (primary N) is 1. The van der Waals surface area contributed by atoms with Gasteiger partial charge in [-0.25, -0.2) is 17.5 Å². The van der Waals surface area contributed by atoms with Crippen molar-refractivity contribution in [1.82, 2.24) is 25.3 Å². The summed E-state index contributed by atoms with van der Waals surface area (Å²) in [7, 11) is -3.86. The number of aromatic nitrogens is 4. The average molecular weight is 316 g/mol. The highest BCUT2D eigenvalue weighted by Crippen LogP contribution is 2.15. The molecule has 0 radical (unpaired) electrons. The summed E-state index contributed by atoms with van der Waals surface area (Å²) in [5.74, 6) is -0.514. The Labute approximate surface area is 118 Å². The van der Waals surface area contributed by atoms with Crippen LogP contribution in [0.3, 0.4) is 0 Å². The fourth-order valence-electron chi connectivity index (χ4n) is 1.36. The summed E-state index contributed by atoms with van der Waals surface area (Å²) >= 11 is 4.65. The van der Waals surface area contributed by atoms with Crippen molar-refractivity contribution in [2.24, 2.45) is 5.73 Å². The van der Waals surface area contributed by atoms with E-state index in [1.165, 1.54) is 0 Å². The third-order valence-electron chi connectivity index (χ3n) is 2.32. The zero-order valence-corrected chi connectivity index (χ0v) is 11.5. The second-order valence-corrected chi connectivity index (χ2v) is 5.87. The molecular weight excluding hydrogens is 307 g/mol. The summed E-state index contributed by atoms with van der Waals surface area (Å²) in [6, 6.07) is 3.16. The molecule has 1 aromatic heterocycles. The predicted molar refractivity (Wildman–Crippen MR) is 70.5 cm³/mol. The Morgan fingerprint density at radius 2 is 2.25 bits per heavy atom. The Balaban J connectivity index is 2.25. The van der Waals surface area contributed by atoms with Gasteiger partial charge in [0.15, 0.2) is 5.82 Å². The monoisotopic (exact) mass is 316 g/mol. The molecule has 20 heavy (non-hydrogen) atoms. The Kier molecular flexibility index (Phi) is 4.01. The van der Waals surface area contributed by atoms with Crippen molar-refractivity contribution in [3.8, 4) is 0 Å². The number of nitrogens with one attached hydrogen (secondary N) is 2. The molecule has 2 aromatic rings. The molecule has 106 valence electrons. The van der Waals surface area contributed by atoms with Gasteiger partial charge in [-0.1, -0.05) is 17.4 Å². The zero-order valence-electron chi connectivity index (χ0n) is 9.87. The molecule has 0 spiro atoms. The highest BCUT2D eigenvalue weighted by Gasteiger charge is 2.17. The van der Waals surface area contributed by atoms with Gasteiger partial charge in [0.1, 0.15) is 10.8 Å². The van der Waals surface area contributed by atoms with Gasteiger partial charge in [0.25, 0.3) is 0 Å². The van der Waals surface area contributed by atoms with Gasteiger partial charge in [-0.2, -0.15) is 5.21 Å². The predicted octanol–water partition coefficient (Wildman–Crippen LogP) is -0.549. The van der Waals surface area contributed by atoms with Gasteiger partial charge in [0, 0.05) is 5.56 Å². The van der Waals surface area contributed by atoms with Gasteiger partial charge in [-0.05, 0) is 18.2 Å². The molecule has 0 unspecified atom stereocenters.